The number of aromatic nitrogens is 3. The average molecular weight is 285 g/mol. The van der Waals surface area contributed by atoms with Crippen LogP contribution in [0.1, 0.15) is 29.2 Å². The summed E-state index contributed by atoms with van der Waals surface area (Å²) in [6, 6.07) is 3.91. The molecule has 2 aromatic heterocycles. The molecule has 3 rings (SSSR count). The number of carbonyl (C=O) groups excluding carboxylic acids is 1. The molecule has 2 aromatic rings. The minimum absolute atomic E-state index is 0.161. The first-order chi connectivity index (χ1) is 10.2. The third-order valence-corrected chi connectivity index (χ3v) is 3.85. The number of piperidine rings is 1. The van der Waals surface area contributed by atoms with E-state index >= 15 is 0 Å². The Morgan fingerprint density at radius 1 is 1.33 bits per heavy atom. The van der Waals surface area contributed by atoms with Crippen molar-refractivity contribution in [2.75, 3.05) is 25.5 Å². The van der Waals surface area contributed by atoms with Gasteiger partial charge in [0, 0.05) is 18.6 Å². The molecule has 0 aliphatic carbocycles. The molecule has 1 fully saturated rings. The number of nitrogens with one attached hydrogen (secondary N) is 1. The van der Waals surface area contributed by atoms with Gasteiger partial charge in [0.25, 0.3) is 5.91 Å². The fraction of sp³-hybridized carbons (Fsp3) is 0.400. The minimum Gasteiger partial charge on any atom is -0.319 e. The number of carbonyl (C=O) groups is 1. The maximum absolute atomic E-state index is 12.0. The number of likely N-dealkylation sites (tertiary alicyclic amines) is 1. The molecule has 1 aliphatic heterocycles. The van der Waals surface area contributed by atoms with Crippen LogP contribution in [0.3, 0.4) is 0 Å². The fourth-order valence-corrected chi connectivity index (χ4v) is 2.56. The zero-order valence-electron chi connectivity index (χ0n) is 12.1. The van der Waals surface area contributed by atoms with Crippen LogP contribution in [0.5, 0.6) is 0 Å². The Hall–Kier alpha value is -2.21. The Morgan fingerprint density at radius 3 is 2.86 bits per heavy atom. The Bertz CT molecular complexity index is 602. The summed E-state index contributed by atoms with van der Waals surface area (Å²) in [5, 5.41) is 7.23. The van der Waals surface area contributed by atoms with Gasteiger partial charge in [0.05, 0.1) is 23.5 Å². The molecule has 0 bridgehead atoms. The van der Waals surface area contributed by atoms with Gasteiger partial charge in [-0.2, -0.15) is 5.10 Å². The summed E-state index contributed by atoms with van der Waals surface area (Å²) in [7, 11) is 2.14. The smallest absolute Gasteiger partial charge is 0.257 e. The Labute approximate surface area is 123 Å². The molecule has 0 aromatic carbocycles. The number of amides is 1. The van der Waals surface area contributed by atoms with Crippen LogP contribution in [0.2, 0.25) is 0 Å². The molecule has 6 nitrogen and oxygen atoms in total. The molecular weight excluding hydrogens is 266 g/mol. The van der Waals surface area contributed by atoms with Gasteiger partial charge in [-0.3, -0.25) is 14.5 Å². The van der Waals surface area contributed by atoms with Crippen molar-refractivity contribution in [3.63, 3.8) is 0 Å². The van der Waals surface area contributed by atoms with Gasteiger partial charge in [-0.1, -0.05) is 0 Å². The molecular formula is C15H19N5O. The molecule has 1 N–H and O–H groups in total. The minimum atomic E-state index is -0.161. The summed E-state index contributed by atoms with van der Waals surface area (Å²) < 4.78 is 1.96. The van der Waals surface area contributed by atoms with Crippen molar-refractivity contribution in [1.29, 1.82) is 0 Å². The highest BCUT2D eigenvalue weighted by Crippen LogP contribution is 2.22. The average Bonchev–Trinajstić information content (AvgIpc) is 2.97. The lowest BCUT2D eigenvalue weighted by atomic mass is 10.1. The van der Waals surface area contributed by atoms with E-state index in [4.69, 9.17) is 0 Å². The van der Waals surface area contributed by atoms with Gasteiger partial charge in [0.1, 0.15) is 0 Å². The van der Waals surface area contributed by atoms with Crippen LogP contribution in [-0.2, 0) is 0 Å². The summed E-state index contributed by atoms with van der Waals surface area (Å²) in [5.41, 5.74) is 1.27. The van der Waals surface area contributed by atoms with Crippen molar-refractivity contribution in [1.82, 2.24) is 19.7 Å². The van der Waals surface area contributed by atoms with Crippen molar-refractivity contribution < 1.29 is 4.79 Å². The van der Waals surface area contributed by atoms with E-state index in [-0.39, 0.29) is 5.91 Å². The van der Waals surface area contributed by atoms with E-state index in [2.05, 4.69) is 27.3 Å². The second-order valence-electron chi connectivity index (χ2n) is 5.44. The van der Waals surface area contributed by atoms with Crippen molar-refractivity contribution >= 4 is 11.6 Å². The number of nitrogens with zero attached hydrogens (tertiary/aromatic N) is 4. The topological polar surface area (TPSA) is 63.0 Å². The molecule has 3 heterocycles. The molecule has 1 amide bonds. The zero-order chi connectivity index (χ0) is 14.7. The van der Waals surface area contributed by atoms with Gasteiger partial charge in [-0.15, -0.1) is 0 Å². The Kier molecular flexibility index (Phi) is 3.96. The molecule has 110 valence electrons. The van der Waals surface area contributed by atoms with Crippen molar-refractivity contribution in [2.24, 2.45) is 0 Å². The van der Waals surface area contributed by atoms with Crippen molar-refractivity contribution in [3.05, 3.63) is 42.5 Å². The molecule has 0 spiro atoms. The Balaban J connectivity index is 1.64. The SMILES string of the molecule is CN1CCC(n2cc(NC(=O)c3cccnc3)cn2)CC1. The van der Waals surface area contributed by atoms with Crippen LogP contribution >= 0.6 is 0 Å². The van der Waals surface area contributed by atoms with Gasteiger partial charge < -0.3 is 10.2 Å². The van der Waals surface area contributed by atoms with Crippen LogP contribution in [0.25, 0.3) is 0 Å². The van der Waals surface area contributed by atoms with Crippen molar-refractivity contribution in [3.8, 4) is 0 Å². The van der Waals surface area contributed by atoms with E-state index in [1.54, 1.807) is 30.7 Å². The van der Waals surface area contributed by atoms with E-state index in [1.807, 2.05) is 10.9 Å². The fourth-order valence-electron chi connectivity index (χ4n) is 2.56. The normalized spacial score (nSPS) is 16.8. The third-order valence-electron chi connectivity index (χ3n) is 3.85. The molecule has 1 saturated heterocycles. The van der Waals surface area contributed by atoms with Crippen molar-refractivity contribution in [2.45, 2.75) is 18.9 Å². The summed E-state index contributed by atoms with van der Waals surface area (Å²) in [4.78, 5) is 18.3. The second-order valence-corrected chi connectivity index (χ2v) is 5.44. The predicted octanol–water partition coefficient (Wildman–Crippen LogP) is 1.80. The largest absolute Gasteiger partial charge is 0.319 e. The molecule has 1 aliphatic rings. The van der Waals surface area contributed by atoms with Crippen LogP contribution in [0.4, 0.5) is 5.69 Å². The summed E-state index contributed by atoms with van der Waals surface area (Å²) >= 11 is 0. The van der Waals surface area contributed by atoms with Gasteiger partial charge in [0.2, 0.25) is 0 Å². The molecule has 0 saturated carbocycles. The molecule has 21 heavy (non-hydrogen) atoms. The summed E-state index contributed by atoms with van der Waals surface area (Å²) in [6.07, 6.45) is 8.99. The first-order valence-corrected chi connectivity index (χ1v) is 7.16. The second kappa shape index (κ2) is 6.05. The van der Waals surface area contributed by atoms with Crippen LogP contribution in [0, 0.1) is 0 Å². The lowest BCUT2D eigenvalue weighted by molar-refractivity contribution is 0.102. The maximum Gasteiger partial charge on any atom is 0.257 e. The highest BCUT2D eigenvalue weighted by atomic mass is 16.1. The van der Waals surface area contributed by atoms with Crippen LogP contribution in [-0.4, -0.2) is 45.7 Å². The van der Waals surface area contributed by atoms with E-state index < -0.39 is 0 Å². The first kappa shape index (κ1) is 13.8. The van der Waals surface area contributed by atoms with E-state index in [9.17, 15) is 4.79 Å². The van der Waals surface area contributed by atoms with Crippen LogP contribution < -0.4 is 5.32 Å². The quantitative estimate of drug-likeness (QED) is 0.934. The zero-order valence-corrected chi connectivity index (χ0v) is 12.1. The van der Waals surface area contributed by atoms with Gasteiger partial charge in [-0.25, -0.2) is 0 Å². The standard InChI is InChI=1S/C15H19N5O/c1-19-7-4-14(5-8-19)20-11-13(10-17-20)18-15(21)12-3-2-6-16-9-12/h2-3,6,9-11,14H,4-5,7-8H2,1H3,(H,18,21). The maximum atomic E-state index is 12.0. The monoisotopic (exact) mass is 285 g/mol. The number of rotatable bonds is 3. The van der Waals surface area contributed by atoms with Gasteiger partial charge >= 0.3 is 0 Å². The predicted molar refractivity (Wildman–Crippen MR) is 80.2 cm³/mol. The third kappa shape index (κ3) is 3.28. The van der Waals surface area contributed by atoms with Crippen LogP contribution in [0.15, 0.2) is 36.9 Å². The molecule has 6 heteroatoms. The van der Waals surface area contributed by atoms with Gasteiger partial charge in [-0.05, 0) is 45.1 Å². The number of hydrogen-bond acceptors (Lipinski definition) is 4. The lowest BCUT2D eigenvalue weighted by Crippen LogP contribution is -2.31. The van der Waals surface area contributed by atoms with Gasteiger partial charge in [0.15, 0.2) is 0 Å². The highest BCUT2D eigenvalue weighted by molar-refractivity contribution is 6.03. The number of pyridine rings is 1. The lowest BCUT2D eigenvalue weighted by Gasteiger charge is -2.28. The van der Waals surface area contributed by atoms with E-state index in [0.29, 0.717) is 11.6 Å². The molecule has 0 radical (unpaired) electrons. The number of anilines is 1. The first-order valence-electron chi connectivity index (χ1n) is 7.16. The number of hydrogen-bond donors (Lipinski definition) is 1. The summed E-state index contributed by atoms with van der Waals surface area (Å²) in [5.74, 6) is -0.161. The Morgan fingerprint density at radius 2 is 2.14 bits per heavy atom. The molecule has 0 atom stereocenters. The summed E-state index contributed by atoms with van der Waals surface area (Å²) in [6.45, 7) is 2.17. The highest BCUT2D eigenvalue weighted by Gasteiger charge is 2.19. The van der Waals surface area contributed by atoms with E-state index in [0.717, 1.165) is 31.6 Å². The van der Waals surface area contributed by atoms with E-state index in [1.165, 1.54) is 0 Å². The molecule has 0 unspecified atom stereocenters.